The van der Waals surface area contributed by atoms with Gasteiger partial charge < -0.3 is 4.57 Å². The van der Waals surface area contributed by atoms with Crippen LogP contribution >= 0.6 is 7.29 Å². The molecule has 0 aliphatic rings. The van der Waals surface area contributed by atoms with Crippen LogP contribution in [0.25, 0.3) is 0 Å². The Kier molecular flexibility index (Phi) is 3.46. The molecule has 0 aliphatic heterocycles. The molecular formula is C14H16NOP. The molecule has 0 bridgehead atoms. The van der Waals surface area contributed by atoms with Crippen LogP contribution in [0.5, 0.6) is 0 Å². The summed E-state index contributed by atoms with van der Waals surface area (Å²) >= 11 is 0. The Bertz CT molecular complexity index is 524. The Morgan fingerprint density at radius 3 is 1.94 bits per heavy atom. The standard InChI is InChI=1S/C14H16NOP/c1-12(13-8-4-2-5-9-13)17(15,16)14-10-6-3-7-11-14/h2-12H,1H3,(H2,15,16). The third-order valence-electron chi connectivity index (χ3n) is 3.02. The molecule has 0 saturated heterocycles. The van der Waals surface area contributed by atoms with Crippen molar-refractivity contribution in [2.24, 2.45) is 5.50 Å². The van der Waals surface area contributed by atoms with Crippen LogP contribution in [0.2, 0.25) is 0 Å². The Labute approximate surface area is 102 Å². The summed E-state index contributed by atoms with van der Waals surface area (Å²) in [6.07, 6.45) is 0. The van der Waals surface area contributed by atoms with Crippen molar-refractivity contribution < 1.29 is 4.57 Å². The molecule has 2 aromatic rings. The van der Waals surface area contributed by atoms with Gasteiger partial charge in [-0.1, -0.05) is 60.7 Å². The minimum Gasteiger partial charge on any atom is -0.301 e. The van der Waals surface area contributed by atoms with E-state index in [9.17, 15) is 4.57 Å². The van der Waals surface area contributed by atoms with Crippen LogP contribution in [-0.4, -0.2) is 0 Å². The van der Waals surface area contributed by atoms with Gasteiger partial charge in [0, 0.05) is 5.30 Å². The predicted molar refractivity (Wildman–Crippen MR) is 72.7 cm³/mol. The van der Waals surface area contributed by atoms with Gasteiger partial charge in [-0.2, -0.15) is 0 Å². The summed E-state index contributed by atoms with van der Waals surface area (Å²) in [6.45, 7) is 1.92. The van der Waals surface area contributed by atoms with E-state index in [-0.39, 0.29) is 5.66 Å². The van der Waals surface area contributed by atoms with Crippen LogP contribution < -0.4 is 10.8 Å². The quantitative estimate of drug-likeness (QED) is 0.843. The second-order valence-corrected chi connectivity index (χ2v) is 6.84. The number of nitrogens with two attached hydrogens (primary N) is 1. The molecule has 0 heterocycles. The van der Waals surface area contributed by atoms with Crippen molar-refractivity contribution in [3.05, 3.63) is 66.2 Å². The summed E-state index contributed by atoms with van der Waals surface area (Å²) in [5.41, 5.74) is 6.92. The first kappa shape index (κ1) is 12.1. The fourth-order valence-corrected chi connectivity index (χ4v) is 3.54. The zero-order chi connectivity index (χ0) is 12.3. The second-order valence-electron chi connectivity index (χ2n) is 4.13. The fraction of sp³-hybridized carbons (Fsp3) is 0.143. The molecule has 88 valence electrons. The number of hydrogen-bond donors (Lipinski definition) is 1. The molecule has 0 fully saturated rings. The van der Waals surface area contributed by atoms with E-state index in [0.717, 1.165) is 10.9 Å². The van der Waals surface area contributed by atoms with E-state index in [1.54, 1.807) is 0 Å². The van der Waals surface area contributed by atoms with E-state index in [4.69, 9.17) is 5.50 Å². The van der Waals surface area contributed by atoms with Crippen molar-refractivity contribution in [1.29, 1.82) is 0 Å². The maximum atomic E-state index is 12.7. The molecule has 0 saturated carbocycles. The second kappa shape index (κ2) is 4.87. The Morgan fingerprint density at radius 2 is 1.41 bits per heavy atom. The van der Waals surface area contributed by atoms with Gasteiger partial charge in [0.25, 0.3) is 0 Å². The SMILES string of the molecule is CC(c1ccccc1)P(N)(=O)c1ccccc1. The Hall–Kier alpha value is -1.37. The van der Waals surface area contributed by atoms with Gasteiger partial charge in [-0.25, -0.2) is 0 Å². The summed E-state index contributed by atoms with van der Waals surface area (Å²) in [5, 5.41) is 0.733. The number of rotatable bonds is 3. The van der Waals surface area contributed by atoms with Crippen LogP contribution in [0.15, 0.2) is 60.7 Å². The smallest absolute Gasteiger partial charge is 0.180 e. The summed E-state index contributed by atoms with van der Waals surface area (Å²) in [4.78, 5) is 0. The van der Waals surface area contributed by atoms with E-state index >= 15 is 0 Å². The van der Waals surface area contributed by atoms with E-state index in [2.05, 4.69) is 0 Å². The van der Waals surface area contributed by atoms with Gasteiger partial charge in [-0.15, -0.1) is 0 Å². The first-order valence-corrected chi connectivity index (χ1v) is 7.46. The predicted octanol–water partition coefficient (Wildman–Crippen LogP) is 3.31. The van der Waals surface area contributed by atoms with Gasteiger partial charge >= 0.3 is 0 Å². The van der Waals surface area contributed by atoms with Crippen molar-refractivity contribution in [3.8, 4) is 0 Å². The molecule has 2 rings (SSSR count). The normalized spacial score (nSPS) is 16.1. The number of benzene rings is 2. The van der Waals surface area contributed by atoms with E-state index in [0.29, 0.717) is 0 Å². The summed E-state index contributed by atoms with van der Waals surface area (Å²) in [5.74, 6) is 0. The zero-order valence-electron chi connectivity index (χ0n) is 9.78. The lowest BCUT2D eigenvalue weighted by molar-refractivity contribution is 0.575. The highest BCUT2D eigenvalue weighted by Crippen LogP contribution is 2.50. The Morgan fingerprint density at radius 1 is 0.941 bits per heavy atom. The van der Waals surface area contributed by atoms with Crippen LogP contribution in [0, 0.1) is 0 Å². The lowest BCUT2D eigenvalue weighted by Crippen LogP contribution is -2.16. The highest BCUT2D eigenvalue weighted by atomic mass is 31.2. The lowest BCUT2D eigenvalue weighted by atomic mass is 10.2. The largest absolute Gasteiger partial charge is 0.301 e. The van der Waals surface area contributed by atoms with Crippen molar-refractivity contribution >= 4 is 12.6 Å². The third kappa shape index (κ3) is 2.49. The Balaban J connectivity index is 2.37. The minimum absolute atomic E-state index is 0.161. The van der Waals surface area contributed by atoms with E-state index in [1.165, 1.54) is 0 Å². The molecule has 0 amide bonds. The lowest BCUT2D eigenvalue weighted by Gasteiger charge is -2.21. The van der Waals surface area contributed by atoms with Gasteiger partial charge in [0.2, 0.25) is 0 Å². The molecular weight excluding hydrogens is 229 g/mol. The topological polar surface area (TPSA) is 43.1 Å². The molecule has 2 aromatic carbocycles. The van der Waals surface area contributed by atoms with Crippen molar-refractivity contribution in [3.63, 3.8) is 0 Å². The fourth-order valence-electron chi connectivity index (χ4n) is 1.84. The van der Waals surface area contributed by atoms with Gasteiger partial charge in [0.05, 0.1) is 5.66 Å². The monoisotopic (exact) mass is 245 g/mol. The minimum atomic E-state index is -2.86. The molecule has 3 heteroatoms. The molecule has 0 aromatic heterocycles. The molecule has 2 N–H and O–H groups in total. The van der Waals surface area contributed by atoms with Crippen molar-refractivity contribution in [1.82, 2.24) is 0 Å². The summed E-state index contributed by atoms with van der Waals surface area (Å²) in [6, 6.07) is 19.1. The van der Waals surface area contributed by atoms with Crippen LogP contribution in [0.1, 0.15) is 18.1 Å². The molecule has 2 nitrogen and oxygen atoms in total. The average molecular weight is 245 g/mol. The zero-order valence-corrected chi connectivity index (χ0v) is 10.7. The molecule has 2 atom stereocenters. The molecule has 2 unspecified atom stereocenters. The summed E-state index contributed by atoms with van der Waals surface area (Å²) < 4.78 is 12.7. The van der Waals surface area contributed by atoms with Crippen LogP contribution in [0.4, 0.5) is 0 Å². The van der Waals surface area contributed by atoms with Gasteiger partial charge in [0.15, 0.2) is 7.29 Å². The average Bonchev–Trinajstić information content (AvgIpc) is 2.40. The molecule has 0 spiro atoms. The van der Waals surface area contributed by atoms with Crippen LogP contribution in [0.3, 0.4) is 0 Å². The highest BCUT2D eigenvalue weighted by molar-refractivity contribution is 7.69. The van der Waals surface area contributed by atoms with Gasteiger partial charge in [0.1, 0.15) is 0 Å². The summed E-state index contributed by atoms with van der Waals surface area (Å²) in [7, 11) is -2.86. The van der Waals surface area contributed by atoms with E-state index in [1.807, 2.05) is 67.6 Å². The highest BCUT2D eigenvalue weighted by Gasteiger charge is 2.27. The van der Waals surface area contributed by atoms with Crippen molar-refractivity contribution in [2.75, 3.05) is 0 Å². The molecule has 0 radical (unpaired) electrons. The first-order valence-electron chi connectivity index (χ1n) is 5.61. The maximum Gasteiger partial charge on any atom is 0.180 e. The van der Waals surface area contributed by atoms with Gasteiger partial charge in [-0.3, -0.25) is 5.50 Å². The van der Waals surface area contributed by atoms with Crippen LogP contribution in [-0.2, 0) is 4.57 Å². The van der Waals surface area contributed by atoms with E-state index < -0.39 is 7.29 Å². The van der Waals surface area contributed by atoms with Gasteiger partial charge in [-0.05, 0) is 12.5 Å². The molecule has 0 aliphatic carbocycles. The van der Waals surface area contributed by atoms with Crippen molar-refractivity contribution in [2.45, 2.75) is 12.6 Å². The number of hydrogen-bond acceptors (Lipinski definition) is 1. The maximum absolute atomic E-state index is 12.7. The first-order chi connectivity index (χ1) is 8.12. The third-order valence-corrected chi connectivity index (χ3v) is 5.57. The molecule has 17 heavy (non-hydrogen) atoms.